The van der Waals surface area contributed by atoms with Crippen molar-refractivity contribution in [2.75, 3.05) is 6.54 Å². The van der Waals surface area contributed by atoms with Gasteiger partial charge < -0.3 is 5.73 Å². The van der Waals surface area contributed by atoms with E-state index in [2.05, 4.69) is 18.7 Å². The number of nitrogens with one attached hydrogen (secondary N) is 1. The number of hydrogen-bond acceptors (Lipinski definition) is 2. The first-order chi connectivity index (χ1) is 8.40. The van der Waals surface area contributed by atoms with E-state index in [1.54, 1.807) is 6.07 Å². The summed E-state index contributed by atoms with van der Waals surface area (Å²) in [6.07, 6.45) is 0.568. The first kappa shape index (κ1) is 14.6. The fraction of sp³-hybridized carbons (Fsp3) is 0.500. The van der Waals surface area contributed by atoms with E-state index in [1.165, 1.54) is 6.07 Å². The van der Waals surface area contributed by atoms with E-state index in [1.807, 2.05) is 13.0 Å². The second kappa shape index (κ2) is 6.50. The summed E-state index contributed by atoms with van der Waals surface area (Å²) in [5, 5.41) is 7.28. The number of amidine groups is 1. The van der Waals surface area contributed by atoms with E-state index >= 15 is 0 Å². The van der Waals surface area contributed by atoms with Gasteiger partial charge in [-0.25, -0.2) is 4.39 Å². The van der Waals surface area contributed by atoms with Gasteiger partial charge in [0.15, 0.2) is 0 Å². The van der Waals surface area contributed by atoms with Crippen molar-refractivity contribution in [3.63, 3.8) is 0 Å². The topological polar surface area (TPSA) is 53.1 Å². The van der Waals surface area contributed by atoms with Crippen LogP contribution in [0.4, 0.5) is 4.39 Å². The van der Waals surface area contributed by atoms with Crippen LogP contribution in [0.15, 0.2) is 18.2 Å². The normalized spacial score (nSPS) is 11.2. The molecule has 0 aliphatic heterocycles. The number of benzene rings is 1. The summed E-state index contributed by atoms with van der Waals surface area (Å²) in [7, 11) is 0. The summed E-state index contributed by atoms with van der Waals surface area (Å²) in [5.41, 5.74) is 7.47. The zero-order chi connectivity index (χ0) is 13.7. The summed E-state index contributed by atoms with van der Waals surface area (Å²) in [5.74, 6) is 0.00700. The Kier molecular flexibility index (Phi) is 5.28. The Labute approximate surface area is 108 Å². The molecule has 0 spiro atoms. The molecule has 3 N–H and O–H groups in total. The van der Waals surface area contributed by atoms with Gasteiger partial charge in [-0.3, -0.25) is 10.3 Å². The van der Waals surface area contributed by atoms with Gasteiger partial charge in [0, 0.05) is 25.6 Å². The summed E-state index contributed by atoms with van der Waals surface area (Å²) < 4.78 is 13.0. The first-order valence-electron chi connectivity index (χ1n) is 6.22. The maximum atomic E-state index is 13.0. The van der Waals surface area contributed by atoms with E-state index in [9.17, 15) is 4.39 Å². The molecule has 100 valence electrons. The van der Waals surface area contributed by atoms with Gasteiger partial charge in [-0.1, -0.05) is 6.07 Å². The van der Waals surface area contributed by atoms with Gasteiger partial charge in [-0.15, -0.1) is 0 Å². The number of aryl methyl sites for hydroxylation is 1. The van der Waals surface area contributed by atoms with Crippen molar-refractivity contribution >= 4 is 5.84 Å². The molecule has 0 saturated carbocycles. The Bertz CT molecular complexity index is 416. The van der Waals surface area contributed by atoms with Crippen LogP contribution in [0.1, 0.15) is 31.4 Å². The lowest BCUT2D eigenvalue weighted by molar-refractivity contribution is 0.218. The number of halogens is 1. The Hall–Kier alpha value is -1.42. The minimum Gasteiger partial charge on any atom is -0.388 e. The van der Waals surface area contributed by atoms with Crippen LogP contribution in [0.25, 0.3) is 0 Å². The standard InChI is InChI=1S/C14H22FN3/c1-10(2)18(7-6-14(16)17)9-12-4-5-13(15)8-11(12)3/h4-5,8,10H,6-7,9H2,1-3H3,(H3,16,17). The van der Waals surface area contributed by atoms with E-state index in [-0.39, 0.29) is 11.7 Å². The molecule has 0 heterocycles. The third kappa shape index (κ3) is 4.45. The number of nitrogens with zero attached hydrogens (tertiary/aromatic N) is 1. The van der Waals surface area contributed by atoms with Crippen molar-refractivity contribution in [1.29, 1.82) is 5.41 Å². The number of nitrogens with two attached hydrogens (primary N) is 1. The van der Waals surface area contributed by atoms with Crippen molar-refractivity contribution in [3.05, 3.63) is 35.1 Å². The molecule has 0 aliphatic rings. The van der Waals surface area contributed by atoms with Crippen LogP contribution in [0, 0.1) is 18.2 Å². The molecule has 4 heteroatoms. The van der Waals surface area contributed by atoms with Crippen LogP contribution in [-0.2, 0) is 6.54 Å². The van der Waals surface area contributed by atoms with Gasteiger partial charge in [0.2, 0.25) is 0 Å². The number of rotatable bonds is 6. The van der Waals surface area contributed by atoms with Crippen LogP contribution in [0.3, 0.4) is 0 Å². The van der Waals surface area contributed by atoms with E-state index in [0.717, 1.165) is 24.2 Å². The highest BCUT2D eigenvalue weighted by molar-refractivity contribution is 5.76. The molecular formula is C14H22FN3. The molecule has 0 fully saturated rings. The van der Waals surface area contributed by atoms with Crippen molar-refractivity contribution in [3.8, 4) is 0 Å². The summed E-state index contributed by atoms with van der Waals surface area (Å²) >= 11 is 0. The van der Waals surface area contributed by atoms with Crippen LogP contribution in [-0.4, -0.2) is 23.3 Å². The number of hydrogen-bond donors (Lipinski definition) is 2. The maximum absolute atomic E-state index is 13.0. The molecule has 0 radical (unpaired) electrons. The van der Waals surface area contributed by atoms with Crippen LogP contribution < -0.4 is 5.73 Å². The SMILES string of the molecule is Cc1cc(F)ccc1CN(CCC(=N)N)C(C)C. The Morgan fingerprint density at radius 3 is 2.61 bits per heavy atom. The highest BCUT2D eigenvalue weighted by Gasteiger charge is 2.12. The predicted molar refractivity (Wildman–Crippen MR) is 73.2 cm³/mol. The monoisotopic (exact) mass is 251 g/mol. The van der Waals surface area contributed by atoms with Gasteiger partial charge in [-0.2, -0.15) is 0 Å². The van der Waals surface area contributed by atoms with Crippen molar-refractivity contribution in [2.24, 2.45) is 5.73 Å². The van der Waals surface area contributed by atoms with Gasteiger partial charge in [-0.05, 0) is 44.0 Å². The fourth-order valence-electron chi connectivity index (χ4n) is 1.84. The second-order valence-electron chi connectivity index (χ2n) is 4.91. The van der Waals surface area contributed by atoms with Crippen LogP contribution >= 0.6 is 0 Å². The predicted octanol–water partition coefficient (Wildman–Crippen LogP) is 2.67. The third-order valence-electron chi connectivity index (χ3n) is 3.08. The minimum absolute atomic E-state index is 0.198. The Morgan fingerprint density at radius 2 is 2.11 bits per heavy atom. The van der Waals surface area contributed by atoms with Gasteiger partial charge >= 0.3 is 0 Å². The Morgan fingerprint density at radius 1 is 1.44 bits per heavy atom. The zero-order valence-electron chi connectivity index (χ0n) is 11.3. The van der Waals surface area contributed by atoms with E-state index in [0.29, 0.717) is 12.5 Å². The van der Waals surface area contributed by atoms with Gasteiger partial charge in [0.1, 0.15) is 5.82 Å². The summed E-state index contributed by atoms with van der Waals surface area (Å²) in [6.45, 7) is 7.65. The first-order valence-corrected chi connectivity index (χ1v) is 6.22. The minimum atomic E-state index is -0.198. The maximum Gasteiger partial charge on any atom is 0.123 e. The van der Waals surface area contributed by atoms with Crippen LogP contribution in [0.5, 0.6) is 0 Å². The molecule has 0 atom stereocenters. The highest BCUT2D eigenvalue weighted by atomic mass is 19.1. The lowest BCUT2D eigenvalue weighted by Gasteiger charge is -2.27. The molecule has 3 nitrogen and oxygen atoms in total. The third-order valence-corrected chi connectivity index (χ3v) is 3.08. The zero-order valence-corrected chi connectivity index (χ0v) is 11.3. The molecule has 0 bridgehead atoms. The molecule has 0 aromatic heterocycles. The average Bonchev–Trinajstić information content (AvgIpc) is 2.26. The molecule has 0 saturated heterocycles. The Balaban J connectivity index is 2.73. The lowest BCUT2D eigenvalue weighted by Crippen LogP contribution is -2.33. The summed E-state index contributed by atoms with van der Waals surface area (Å²) in [4.78, 5) is 2.24. The second-order valence-corrected chi connectivity index (χ2v) is 4.91. The molecule has 1 rings (SSSR count). The molecule has 0 aliphatic carbocycles. The van der Waals surface area contributed by atoms with Gasteiger partial charge in [0.05, 0.1) is 5.84 Å². The molecule has 0 unspecified atom stereocenters. The van der Waals surface area contributed by atoms with Crippen molar-refractivity contribution < 1.29 is 4.39 Å². The highest BCUT2D eigenvalue weighted by Crippen LogP contribution is 2.14. The van der Waals surface area contributed by atoms with Crippen molar-refractivity contribution in [2.45, 2.75) is 39.8 Å². The quantitative estimate of drug-likeness (QED) is 0.603. The largest absolute Gasteiger partial charge is 0.388 e. The average molecular weight is 251 g/mol. The fourth-order valence-corrected chi connectivity index (χ4v) is 1.84. The van der Waals surface area contributed by atoms with Crippen molar-refractivity contribution in [1.82, 2.24) is 4.90 Å². The molecular weight excluding hydrogens is 229 g/mol. The van der Waals surface area contributed by atoms with Gasteiger partial charge in [0.25, 0.3) is 0 Å². The molecule has 1 aromatic rings. The molecule has 18 heavy (non-hydrogen) atoms. The lowest BCUT2D eigenvalue weighted by atomic mass is 10.1. The van der Waals surface area contributed by atoms with E-state index in [4.69, 9.17) is 11.1 Å². The molecule has 1 aromatic carbocycles. The summed E-state index contributed by atoms with van der Waals surface area (Å²) in [6, 6.07) is 5.24. The molecule has 0 amide bonds. The van der Waals surface area contributed by atoms with E-state index < -0.39 is 0 Å². The van der Waals surface area contributed by atoms with Crippen LogP contribution in [0.2, 0.25) is 0 Å². The smallest absolute Gasteiger partial charge is 0.123 e.